The molecule has 0 N–H and O–H groups in total. The van der Waals surface area contributed by atoms with Gasteiger partial charge in [-0.2, -0.15) is 0 Å². The van der Waals surface area contributed by atoms with Crippen molar-refractivity contribution in [2.24, 2.45) is 0 Å². The fourth-order valence-electron chi connectivity index (χ4n) is 2.17. The summed E-state index contributed by atoms with van der Waals surface area (Å²) in [7, 11) is 1.71. The molecule has 0 saturated heterocycles. The number of benzene rings is 2. The lowest BCUT2D eigenvalue weighted by atomic mass is 10.1. The fraction of sp³-hybridized carbons (Fsp3) is 0.263. The Hall–Kier alpha value is -2.33. The molecule has 0 aliphatic rings. The SMILES string of the molecule is CCC(=O)c1ccc(OCC(=O)N(C)Cc2ccccc2Cl)cc1. The number of hydrogen-bond donors (Lipinski definition) is 0. The van der Waals surface area contributed by atoms with E-state index >= 15 is 0 Å². The van der Waals surface area contributed by atoms with Crippen LogP contribution in [-0.2, 0) is 11.3 Å². The molecule has 1 amide bonds. The van der Waals surface area contributed by atoms with Crippen molar-refractivity contribution in [3.63, 3.8) is 0 Å². The Labute approximate surface area is 147 Å². The highest BCUT2D eigenvalue weighted by atomic mass is 35.5. The molecule has 4 nitrogen and oxygen atoms in total. The minimum Gasteiger partial charge on any atom is -0.484 e. The normalized spacial score (nSPS) is 10.3. The molecule has 0 heterocycles. The second kappa shape index (κ2) is 8.50. The summed E-state index contributed by atoms with van der Waals surface area (Å²) in [6.45, 7) is 2.17. The number of ether oxygens (including phenoxy) is 1. The zero-order valence-corrected chi connectivity index (χ0v) is 14.5. The minimum absolute atomic E-state index is 0.0674. The summed E-state index contributed by atoms with van der Waals surface area (Å²) in [5.41, 5.74) is 1.53. The van der Waals surface area contributed by atoms with E-state index in [1.807, 2.05) is 25.1 Å². The van der Waals surface area contributed by atoms with E-state index in [2.05, 4.69) is 0 Å². The number of nitrogens with zero attached hydrogens (tertiary/aromatic N) is 1. The molecule has 0 fully saturated rings. The van der Waals surface area contributed by atoms with Gasteiger partial charge in [0.15, 0.2) is 12.4 Å². The maximum absolute atomic E-state index is 12.2. The average molecular weight is 346 g/mol. The Morgan fingerprint density at radius 1 is 1.08 bits per heavy atom. The topological polar surface area (TPSA) is 46.6 Å². The third kappa shape index (κ3) is 4.83. The summed E-state index contributed by atoms with van der Waals surface area (Å²) in [5.74, 6) is 0.489. The van der Waals surface area contributed by atoms with Gasteiger partial charge in [0.25, 0.3) is 5.91 Å². The van der Waals surface area contributed by atoms with Gasteiger partial charge < -0.3 is 9.64 Å². The second-order valence-electron chi connectivity index (χ2n) is 5.43. The van der Waals surface area contributed by atoms with E-state index in [9.17, 15) is 9.59 Å². The molecule has 2 rings (SSSR count). The van der Waals surface area contributed by atoms with Crippen LogP contribution in [0.1, 0.15) is 29.3 Å². The Bertz CT molecular complexity index is 713. The molecular formula is C19H20ClNO3. The van der Waals surface area contributed by atoms with Crippen LogP contribution in [0.2, 0.25) is 5.02 Å². The van der Waals surface area contributed by atoms with Gasteiger partial charge in [-0.3, -0.25) is 9.59 Å². The molecular weight excluding hydrogens is 326 g/mol. The first-order chi connectivity index (χ1) is 11.5. The third-order valence-electron chi connectivity index (χ3n) is 3.65. The molecule has 0 bridgehead atoms. The molecule has 24 heavy (non-hydrogen) atoms. The number of carbonyl (C=O) groups excluding carboxylic acids is 2. The minimum atomic E-state index is -0.149. The maximum atomic E-state index is 12.2. The highest BCUT2D eigenvalue weighted by Gasteiger charge is 2.12. The predicted octanol–water partition coefficient (Wildman–Crippen LogP) is 3.97. The Kier molecular flexibility index (Phi) is 6.38. The number of amides is 1. The van der Waals surface area contributed by atoms with E-state index in [4.69, 9.17) is 16.3 Å². The average Bonchev–Trinajstić information content (AvgIpc) is 2.61. The van der Waals surface area contributed by atoms with Gasteiger partial charge in [-0.15, -0.1) is 0 Å². The van der Waals surface area contributed by atoms with Crippen LogP contribution in [0.3, 0.4) is 0 Å². The lowest BCUT2D eigenvalue weighted by molar-refractivity contribution is -0.132. The maximum Gasteiger partial charge on any atom is 0.260 e. The number of likely N-dealkylation sites (N-methyl/N-ethyl adjacent to an activating group) is 1. The smallest absolute Gasteiger partial charge is 0.260 e. The first-order valence-corrected chi connectivity index (χ1v) is 8.12. The highest BCUT2D eigenvalue weighted by molar-refractivity contribution is 6.31. The number of rotatable bonds is 7. The van der Waals surface area contributed by atoms with Gasteiger partial charge in [-0.1, -0.05) is 36.7 Å². The van der Waals surface area contributed by atoms with Gasteiger partial charge in [-0.05, 0) is 35.9 Å². The predicted molar refractivity (Wildman–Crippen MR) is 94.5 cm³/mol. The number of hydrogen-bond acceptors (Lipinski definition) is 3. The van der Waals surface area contributed by atoms with Crippen LogP contribution in [0.15, 0.2) is 48.5 Å². The van der Waals surface area contributed by atoms with Crippen molar-refractivity contribution in [1.29, 1.82) is 0 Å². The van der Waals surface area contributed by atoms with Crippen molar-refractivity contribution in [3.05, 3.63) is 64.7 Å². The molecule has 2 aromatic rings. The Morgan fingerprint density at radius 2 is 1.75 bits per heavy atom. The van der Waals surface area contributed by atoms with E-state index in [0.717, 1.165) is 5.56 Å². The van der Waals surface area contributed by atoms with E-state index in [-0.39, 0.29) is 18.3 Å². The van der Waals surface area contributed by atoms with Crippen LogP contribution in [-0.4, -0.2) is 30.2 Å². The summed E-state index contributed by atoms with van der Waals surface area (Å²) < 4.78 is 5.49. The molecule has 0 aromatic heterocycles. The summed E-state index contributed by atoms with van der Waals surface area (Å²) >= 11 is 6.10. The van der Waals surface area contributed by atoms with Crippen molar-refractivity contribution in [2.75, 3.05) is 13.7 Å². The van der Waals surface area contributed by atoms with Gasteiger partial charge in [-0.25, -0.2) is 0 Å². The van der Waals surface area contributed by atoms with Crippen LogP contribution in [0.25, 0.3) is 0 Å². The number of carbonyl (C=O) groups is 2. The van der Waals surface area contributed by atoms with E-state index < -0.39 is 0 Å². The van der Waals surface area contributed by atoms with Crippen LogP contribution >= 0.6 is 11.6 Å². The monoisotopic (exact) mass is 345 g/mol. The molecule has 0 aliphatic carbocycles. The van der Waals surface area contributed by atoms with Gasteiger partial charge in [0.1, 0.15) is 5.75 Å². The van der Waals surface area contributed by atoms with Crippen molar-refractivity contribution in [3.8, 4) is 5.75 Å². The van der Waals surface area contributed by atoms with Crippen molar-refractivity contribution < 1.29 is 14.3 Å². The largest absolute Gasteiger partial charge is 0.484 e. The Morgan fingerprint density at radius 3 is 2.38 bits per heavy atom. The number of halogens is 1. The number of ketones is 1. The van der Waals surface area contributed by atoms with Gasteiger partial charge in [0.2, 0.25) is 0 Å². The first-order valence-electron chi connectivity index (χ1n) is 7.74. The highest BCUT2D eigenvalue weighted by Crippen LogP contribution is 2.17. The van der Waals surface area contributed by atoms with Gasteiger partial charge >= 0.3 is 0 Å². The molecule has 5 heteroatoms. The second-order valence-corrected chi connectivity index (χ2v) is 5.84. The first kappa shape index (κ1) is 18.0. The molecule has 0 radical (unpaired) electrons. The molecule has 0 unspecified atom stereocenters. The molecule has 0 saturated carbocycles. The summed E-state index contributed by atoms with van der Waals surface area (Å²) in [4.78, 5) is 25.3. The zero-order chi connectivity index (χ0) is 17.5. The van der Waals surface area contributed by atoms with Gasteiger partial charge in [0.05, 0.1) is 0 Å². The summed E-state index contributed by atoms with van der Waals surface area (Å²) in [5, 5.41) is 0.634. The van der Waals surface area contributed by atoms with E-state index in [1.54, 1.807) is 42.3 Å². The van der Waals surface area contributed by atoms with Crippen molar-refractivity contribution >= 4 is 23.3 Å². The fourth-order valence-corrected chi connectivity index (χ4v) is 2.36. The summed E-state index contributed by atoms with van der Waals surface area (Å²) in [6, 6.07) is 14.2. The van der Waals surface area contributed by atoms with Crippen LogP contribution < -0.4 is 4.74 Å². The van der Waals surface area contributed by atoms with E-state index in [1.165, 1.54) is 0 Å². The molecule has 126 valence electrons. The quantitative estimate of drug-likeness (QED) is 0.713. The van der Waals surface area contributed by atoms with E-state index in [0.29, 0.717) is 29.3 Å². The lowest BCUT2D eigenvalue weighted by Crippen LogP contribution is -2.31. The Balaban J connectivity index is 1.88. The van der Waals surface area contributed by atoms with Crippen LogP contribution in [0.4, 0.5) is 0 Å². The van der Waals surface area contributed by atoms with Gasteiger partial charge in [0, 0.05) is 30.6 Å². The zero-order valence-electron chi connectivity index (χ0n) is 13.8. The molecule has 0 aliphatic heterocycles. The molecule has 0 atom stereocenters. The molecule has 0 spiro atoms. The standard InChI is InChI=1S/C19H20ClNO3/c1-3-18(22)14-8-10-16(11-9-14)24-13-19(23)21(2)12-15-6-4-5-7-17(15)20/h4-11H,3,12-13H2,1-2H3. The van der Waals surface area contributed by atoms with Crippen molar-refractivity contribution in [2.45, 2.75) is 19.9 Å². The summed E-state index contributed by atoms with van der Waals surface area (Å²) in [6.07, 6.45) is 0.464. The molecule has 2 aromatic carbocycles. The third-order valence-corrected chi connectivity index (χ3v) is 4.02. The van der Waals surface area contributed by atoms with Crippen LogP contribution in [0, 0.1) is 0 Å². The van der Waals surface area contributed by atoms with Crippen molar-refractivity contribution in [1.82, 2.24) is 4.90 Å². The van der Waals surface area contributed by atoms with Crippen LogP contribution in [0.5, 0.6) is 5.75 Å². The lowest BCUT2D eigenvalue weighted by Gasteiger charge is -2.18. The number of Topliss-reactive ketones (excluding diaryl/α,β-unsaturated/α-hetero) is 1.